The fraction of sp³-hybridized carbons (Fsp3) is 0.353. The Morgan fingerprint density at radius 1 is 1.35 bits per heavy atom. The summed E-state index contributed by atoms with van der Waals surface area (Å²) in [5.74, 6) is 1.28. The van der Waals surface area contributed by atoms with E-state index in [4.69, 9.17) is 0 Å². The molecule has 3 aromatic rings. The number of fused-ring (bicyclic) bond motifs is 1. The van der Waals surface area contributed by atoms with Crippen LogP contribution >= 0.6 is 0 Å². The first kappa shape index (κ1) is 14.0. The van der Waals surface area contributed by atoms with E-state index in [9.17, 15) is 4.79 Å². The van der Waals surface area contributed by atoms with Crippen molar-refractivity contribution in [2.75, 3.05) is 5.32 Å². The zero-order chi connectivity index (χ0) is 15.8. The molecule has 118 valence electrons. The zero-order valence-electron chi connectivity index (χ0n) is 13.1. The molecule has 23 heavy (non-hydrogen) atoms. The van der Waals surface area contributed by atoms with Crippen LogP contribution in [0.5, 0.6) is 0 Å². The molecule has 1 fully saturated rings. The lowest BCUT2D eigenvalue weighted by Gasteiger charge is -2.03. The summed E-state index contributed by atoms with van der Waals surface area (Å²) in [5, 5.41) is 8.54. The van der Waals surface area contributed by atoms with E-state index in [1.165, 1.54) is 12.8 Å². The molecule has 2 heterocycles. The topological polar surface area (TPSA) is 64.7 Å². The Kier molecular flexibility index (Phi) is 3.37. The number of aryl methyl sites for hydroxylation is 1. The summed E-state index contributed by atoms with van der Waals surface area (Å²) in [5.41, 5.74) is 1.98. The minimum Gasteiger partial charge on any atom is -0.328 e. The van der Waals surface area contributed by atoms with Crippen LogP contribution in [0.1, 0.15) is 18.5 Å². The number of hydrogen-bond acceptors (Lipinski definition) is 3. The molecule has 1 saturated carbocycles. The fourth-order valence-corrected chi connectivity index (χ4v) is 2.80. The molecule has 0 aliphatic heterocycles. The Morgan fingerprint density at radius 3 is 2.91 bits per heavy atom. The van der Waals surface area contributed by atoms with Crippen molar-refractivity contribution in [2.24, 2.45) is 5.92 Å². The molecule has 0 atom stereocenters. The molecule has 2 aromatic heterocycles. The number of carbonyl (C=O) groups excluding carboxylic acids is 1. The van der Waals surface area contributed by atoms with E-state index >= 15 is 0 Å². The van der Waals surface area contributed by atoms with Crippen molar-refractivity contribution in [3.8, 4) is 0 Å². The molecule has 0 radical (unpaired) electrons. The molecule has 0 saturated heterocycles. The number of nitrogens with one attached hydrogen (secondary N) is 1. The van der Waals surface area contributed by atoms with Crippen LogP contribution in [0.4, 0.5) is 5.82 Å². The highest BCUT2D eigenvalue weighted by Gasteiger charge is 2.24. The number of para-hydroxylation sites is 1. The lowest BCUT2D eigenvalue weighted by Crippen LogP contribution is -2.18. The molecule has 0 unspecified atom stereocenters. The van der Waals surface area contributed by atoms with Crippen LogP contribution in [0.25, 0.3) is 10.9 Å². The Balaban J connectivity index is 1.56. The molecule has 1 amide bonds. The Bertz CT molecular complexity index is 859. The van der Waals surface area contributed by atoms with Crippen molar-refractivity contribution < 1.29 is 4.79 Å². The van der Waals surface area contributed by atoms with Gasteiger partial charge in [-0.3, -0.25) is 9.48 Å². The molecular formula is C17H19N5O. The van der Waals surface area contributed by atoms with E-state index in [2.05, 4.69) is 21.5 Å². The maximum atomic E-state index is 12.3. The number of carbonyl (C=O) groups is 1. The standard InChI is InChI=1S/C17H19N5O/c1-12-8-21(11-18-12)10-16(23)19-17-14-4-2-3-5-15(14)22(20-17)9-13-6-7-13/h2-5,8,11,13H,6-7,9-10H2,1H3,(H,19,20,23). The second-order valence-corrected chi connectivity index (χ2v) is 6.23. The zero-order valence-corrected chi connectivity index (χ0v) is 13.1. The van der Waals surface area contributed by atoms with Crippen LogP contribution in [0.15, 0.2) is 36.8 Å². The normalized spacial score (nSPS) is 14.3. The molecular weight excluding hydrogens is 290 g/mol. The van der Waals surface area contributed by atoms with E-state index in [1.807, 2.05) is 36.0 Å². The van der Waals surface area contributed by atoms with Gasteiger partial charge >= 0.3 is 0 Å². The average molecular weight is 309 g/mol. The maximum absolute atomic E-state index is 12.3. The van der Waals surface area contributed by atoms with Gasteiger partial charge in [-0.1, -0.05) is 12.1 Å². The minimum absolute atomic E-state index is 0.0933. The van der Waals surface area contributed by atoms with Gasteiger partial charge in [0.25, 0.3) is 0 Å². The predicted molar refractivity (Wildman–Crippen MR) is 88.1 cm³/mol. The fourth-order valence-electron chi connectivity index (χ4n) is 2.80. The van der Waals surface area contributed by atoms with Crippen molar-refractivity contribution in [2.45, 2.75) is 32.9 Å². The van der Waals surface area contributed by atoms with E-state index in [-0.39, 0.29) is 12.5 Å². The maximum Gasteiger partial charge on any atom is 0.245 e. The van der Waals surface area contributed by atoms with Gasteiger partial charge in [0, 0.05) is 18.1 Å². The largest absolute Gasteiger partial charge is 0.328 e. The van der Waals surface area contributed by atoms with E-state index in [1.54, 1.807) is 10.9 Å². The summed E-state index contributed by atoms with van der Waals surface area (Å²) >= 11 is 0. The SMILES string of the molecule is Cc1cn(CC(=O)Nc2nn(CC3CC3)c3ccccc23)cn1. The average Bonchev–Trinajstić information content (AvgIpc) is 3.17. The molecule has 0 bridgehead atoms. The van der Waals surface area contributed by atoms with Gasteiger partial charge in [-0.05, 0) is 37.8 Å². The first-order valence-electron chi connectivity index (χ1n) is 7.93. The van der Waals surface area contributed by atoms with Crippen molar-refractivity contribution in [1.82, 2.24) is 19.3 Å². The molecule has 1 aromatic carbocycles. The highest BCUT2D eigenvalue weighted by Crippen LogP contribution is 2.32. The molecule has 1 N–H and O–H groups in total. The summed E-state index contributed by atoms with van der Waals surface area (Å²) in [6.07, 6.45) is 6.06. The van der Waals surface area contributed by atoms with Gasteiger partial charge < -0.3 is 9.88 Å². The number of imidazole rings is 1. The van der Waals surface area contributed by atoms with Gasteiger partial charge in [-0.25, -0.2) is 4.98 Å². The van der Waals surface area contributed by atoms with E-state index in [0.29, 0.717) is 5.82 Å². The van der Waals surface area contributed by atoms with Crippen molar-refractivity contribution in [3.05, 3.63) is 42.5 Å². The van der Waals surface area contributed by atoms with Crippen molar-refractivity contribution in [3.63, 3.8) is 0 Å². The smallest absolute Gasteiger partial charge is 0.245 e. The van der Waals surface area contributed by atoms with Crippen molar-refractivity contribution >= 4 is 22.6 Å². The number of anilines is 1. The van der Waals surface area contributed by atoms with Crippen LogP contribution < -0.4 is 5.32 Å². The first-order chi connectivity index (χ1) is 11.2. The third kappa shape index (κ3) is 2.97. The van der Waals surface area contributed by atoms with Crippen LogP contribution in [0, 0.1) is 12.8 Å². The summed E-state index contributed by atoms with van der Waals surface area (Å²) < 4.78 is 3.79. The van der Waals surface area contributed by atoms with Crippen LogP contribution in [0.2, 0.25) is 0 Å². The monoisotopic (exact) mass is 309 g/mol. The van der Waals surface area contributed by atoms with Gasteiger partial charge in [0.05, 0.1) is 17.5 Å². The Labute approximate surface area is 134 Å². The lowest BCUT2D eigenvalue weighted by atomic mass is 10.2. The molecule has 6 nitrogen and oxygen atoms in total. The molecule has 0 spiro atoms. The highest BCUT2D eigenvalue weighted by atomic mass is 16.2. The second-order valence-electron chi connectivity index (χ2n) is 6.23. The summed E-state index contributed by atoms with van der Waals surface area (Å²) in [6, 6.07) is 8.04. The predicted octanol–water partition coefficient (Wildman–Crippen LogP) is 2.59. The number of hydrogen-bond donors (Lipinski definition) is 1. The number of rotatable bonds is 5. The highest BCUT2D eigenvalue weighted by molar-refractivity contribution is 5.99. The summed E-state index contributed by atoms with van der Waals surface area (Å²) in [7, 11) is 0. The van der Waals surface area contributed by atoms with Crippen LogP contribution in [0.3, 0.4) is 0 Å². The minimum atomic E-state index is -0.0933. The molecule has 1 aliphatic carbocycles. The quantitative estimate of drug-likeness (QED) is 0.788. The van der Waals surface area contributed by atoms with Crippen molar-refractivity contribution in [1.29, 1.82) is 0 Å². The Hall–Kier alpha value is -2.63. The first-order valence-corrected chi connectivity index (χ1v) is 7.93. The van der Waals surface area contributed by atoms with Gasteiger partial charge in [-0.15, -0.1) is 0 Å². The summed E-state index contributed by atoms with van der Waals surface area (Å²) in [6.45, 7) is 3.07. The third-order valence-corrected chi connectivity index (χ3v) is 4.13. The van der Waals surface area contributed by atoms with Crippen LogP contribution in [-0.2, 0) is 17.9 Å². The van der Waals surface area contributed by atoms with E-state index in [0.717, 1.165) is 29.1 Å². The third-order valence-electron chi connectivity index (χ3n) is 4.13. The molecule has 6 heteroatoms. The van der Waals surface area contributed by atoms with Gasteiger partial charge in [0.15, 0.2) is 5.82 Å². The van der Waals surface area contributed by atoms with Gasteiger partial charge in [-0.2, -0.15) is 5.10 Å². The second kappa shape index (κ2) is 5.53. The summed E-state index contributed by atoms with van der Waals surface area (Å²) in [4.78, 5) is 16.4. The van der Waals surface area contributed by atoms with Gasteiger partial charge in [0.1, 0.15) is 6.54 Å². The number of amides is 1. The van der Waals surface area contributed by atoms with Gasteiger partial charge in [0.2, 0.25) is 5.91 Å². The number of aromatic nitrogens is 4. The number of benzene rings is 1. The van der Waals surface area contributed by atoms with Crippen LogP contribution in [-0.4, -0.2) is 25.2 Å². The molecule has 4 rings (SSSR count). The van der Waals surface area contributed by atoms with E-state index < -0.39 is 0 Å². The molecule has 1 aliphatic rings. The number of nitrogens with zero attached hydrogens (tertiary/aromatic N) is 4. The lowest BCUT2D eigenvalue weighted by molar-refractivity contribution is -0.116. The Morgan fingerprint density at radius 2 is 2.17 bits per heavy atom.